The molecule has 0 heterocycles. The van der Waals surface area contributed by atoms with Gasteiger partial charge in [-0.25, -0.2) is 0 Å². The van der Waals surface area contributed by atoms with Crippen molar-refractivity contribution in [3.05, 3.63) is 72.9 Å². The first-order valence-corrected chi connectivity index (χ1v) is 5.12. The van der Waals surface area contributed by atoms with E-state index in [1.54, 1.807) is 6.08 Å². The maximum absolute atomic E-state index is 3.60. The van der Waals surface area contributed by atoms with Gasteiger partial charge in [-0.2, -0.15) is 0 Å². The molecule has 0 saturated carbocycles. The SMILES string of the molecule is C=C/C=C\C=C\CNCc1ccccc1. The van der Waals surface area contributed by atoms with E-state index < -0.39 is 0 Å². The molecule has 0 amide bonds. The van der Waals surface area contributed by atoms with Gasteiger partial charge in [-0.15, -0.1) is 0 Å². The van der Waals surface area contributed by atoms with Crippen LogP contribution in [0.15, 0.2) is 67.3 Å². The molecule has 1 nitrogen and oxygen atoms in total. The Hall–Kier alpha value is -1.60. The summed E-state index contributed by atoms with van der Waals surface area (Å²) in [4.78, 5) is 0. The zero-order valence-electron chi connectivity index (χ0n) is 8.89. The Labute approximate surface area is 91.8 Å². The largest absolute Gasteiger partial charge is 0.309 e. The van der Waals surface area contributed by atoms with Gasteiger partial charge < -0.3 is 5.32 Å². The molecule has 1 heteroatoms. The molecule has 1 aromatic carbocycles. The summed E-state index contributed by atoms with van der Waals surface area (Å²) < 4.78 is 0. The smallest absolute Gasteiger partial charge is 0.0208 e. The van der Waals surface area contributed by atoms with Gasteiger partial charge in [0.05, 0.1) is 0 Å². The molecule has 0 spiro atoms. The molecule has 0 atom stereocenters. The van der Waals surface area contributed by atoms with Crippen molar-refractivity contribution in [2.45, 2.75) is 6.54 Å². The van der Waals surface area contributed by atoms with Crippen LogP contribution in [0.25, 0.3) is 0 Å². The van der Waals surface area contributed by atoms with E-state index in [2.05, 4.69) is 42.2 Å². The van der Waals surface area contributed by atoms with Crippen LogP contribution in [0, 0.1) is 0 Å². The van der Waals surface area contributed by atoms with E-state index in [0.29, 0.717) is 0 Å². The van der Waals surface area contributed by atoms with Crippen LogP contribution in [0.2, 0.25) is 0 Å². The van der Waals surface area contributed by atoms with Crippen molar-refractivity contribution in [3.8, 4) is 0 Å². The maximum atomic E-state index is 3.60. The molecule has 0 aromatic heterocycles. The standard InChI is InChI=1S/C14H17N/c1-2-3-4-5-9-12-15-13-14-10-7-6-8-11-14/h2-11,15H,1,12-13H2/b4-3-,9-5+. The van der Waals surface area contributed by atoms with Crippen molar-refractivity contribution in [2.24, 2.45) is 0 Å². The van der Waals surface area contributed by atoms with Crippen LogP contribution in [-0.2, 0) is 6.54 Å². The van der Waals surface area contributed by atoms with Crippen LogP contribution in [0.1, 0.15) is 5.56 Å². The second-order valence-electron chi connectivity index (χ2n) is 3.17. The molecule has 0 fully saturated rings. The summed E-state index contributed by atoms with van der Waals surface area (Å²) >= 11 is 0. The van der Waals surface area contributed by atoms with Gasteiger partial charge in [0.2, 0.25) is 0 Å². The number of allylic oxidation sites excluding steroid dienone is 4. The molecule has 0 aliphatic carbocycles. The van der Waals surface area contributed by atoms with E-state index in [4.69, 9.17) is 0 Å². The molecule has 1 N–H and O–H groups in total. The van der Waals surface area contributed by atoms with Gasteiger partial charge in [-0.05, 0) is 5.56 Å². The molecule has 0 radical (unpaired) electrons. The molecular weight excluding hydrogens is 182 g/mol. The fraction of sp³-hybridized carbons (Fsp3) is 0.143. The average Bonchev–Trinajstić information content (AvgIpc) is 2.29. The van der Waals surface area contributed by atoms with Crippen molar-refractivity contribution in [1.82, 2.24) is 5.32 Å². The first-order valence-electron chi connectivity index (χ1n) is 5.12. The summed E-state index contributed by atoms with van der Waals surface area (Å²) in [5, 5.41) is 3.33. The van der Waals surface area contributed by atoms with Crippen molar-refractivity contribution in [1.29, 1.82) is 0 Å². The number of rotatable bonds is 6. The van der Waals surface area contributed by atoms with Crippen molar-refractivity contribution < 1.29 is 0 Å². The lowest BCUT2D eigenvalue weighted by atomic mass is 10.2. The Morgan fingerprint density at radius 1 is 1.07 bits per heavy atom. The Bertz CT molecular complexity index is 322. The highest BCUT2D eigenvalue weighted by Gasteiger charge is 1.87. The van der Waals surface area contributed by atoms with Crippen molar-refractivity contribution in [3.63, 3.8) is 0 Å². The Morgan fingerprint density at radius 3 is 2.60 bits per heavy atom. The topological polar surface area (TPSA) is 12.0 Å². The lowest BCUT2D eigenvalue weighted by molar-refractivity contribution is 0.760. The minimum Gasteiger partial charge on any atom is -0.309 e. The van der Waals surface area contributed by atoms with E-state index in [-0.39, 0.29) is 0 Å². The average molecular weight is 199 g/mol. The highest BCUT2D eigenvalue weighted by atomic mass is 14.8. The molecule has 0 aliphatic heterocycles. The normalized spacial score (nSPS) is 11.2. The summed E-state index contributed by atoms with van der Waals surface area (Å²) in [6.07, 6.45) is 9.75. The summed E-state index contributed by atoms with van der Waals surface area (Å²) in [6.45, 7) is 5.40. The van der Waals surface area contributed by atoms with Gasteiger partial charge in [0.1, 0.15) is 0 Å². The number of hydrogen-bond donors (Lipinski definition) is 1. The van der Waals surface area contributed by atoms with Crippen LogP contribution < -0.4 is 5.32 Å². The van der Waals surface area contributed by atoms with Gasteiger partial charge in [-0.3, -0.25) is 0 Å². The number of hydrogen-bond acceptors (Lipinski definition) is 1. The zero-order chi connectivity index (χ0) is 10.8. The molecule has 1 aromatic rings. The van der Waals surface area contributed by atoms with E-state index in [0.717, 1.165) is 13.1 Å². The summed E-state index contributed by atoms with van der Waals surface area (Å²) in [5.74, 6) is 0. The molecule has 0 bridgehead atoms. The van der Waals surface area contributed by atoms with Crippen LogP contribution in [-0.4, -0.2) is 6.54 Å². The van der Waals surface area contributed by atoms with Gasteiger partial charge in [0.25, 0.3) is 0 Å². The Balaban J connectivity index is 2.14. The van der Waals surface area contributed by atoms with E-state index >= 15 is 0 Å². The summed E-state index contributed by atoms with van der Waals surface area (Å²) in [6, 6.07) is 10.4. The lowest BCUT2D eigenvalue weighted by Crippen LogP contribution is -2.12. The molecule has 0 unspecified atom stereocenters. The van der Waals surface area contributed by atoms with Crippen LogP contribution in [0.3, 0.4) is 0 Å². The molecule has 0 aliphatic rings. The first-order chi connectivity index (χ1) is 7.43. The van der Waals surface area contributed by atoms with Gasteiger partial charge in [0.15, 0.2) is 0 Å². The Morgan fingerprint density at radius 2 is 1.87 bits per heavy atom. The summed E-state index contributed by atoms with van der Waals surface area (Å²) in [5.41, 5.74) is 1.31. The maximum Gasteiger partial charge on any atom is 0.0208 e. The van der Waals surface area contributed by atoms with Gasteiger partial charge in [0, 0.05) is 13.1 Å². The molecule has 78 valence electrons. The van der Waals surface area contributed by atoms with Crippen LogP contribution in [0.4, 0.5) is 0 Å². The van der Waals surface area contributed by atoms with Crippen LogP contribution >= 0.6 is 0 Å². The van der Waals surface area contributed by atoms with Gasteiger partial charge in [-0.1, -0.05) is 67.3 Å². The molecule has 0 saturated heterocycles. The van der Waals surface area contributed by atoms with Crippen LogP contribution in [0.5, 0.6) is 0 Å². The third-order valence-corrected chi connectivity index (χ3v) is 1.93. The second kappa shape index (κ2) is 7.77. The minimum absolute atomic E-state index is 0.885. The third kappa shape index (κ3) is 5.66. The third-order valence-electron chi connectivity index (χ3n) is 1.93. The predicted octanol–water partition coefficient (Wildman–Crippen LogP) is 3.07. The molecular formula is C14H17N. The molecule has 1 rings (SSSR count). The highest BCUT2D eigenvalue weighted by Crippen LogP contribution is 1.96. The monoisotopic (exact) mass is 199 g/mol. The van der Waals surface area contributed by atoms with Gasteiger partial charge >= 0.3 is 0 Å². The predicted molar refractivity (Wildman–Crippen MR) is 66.6 cm³/mol. The summed E-state index contributed by atoms with van der Waals surface area (Å²) in [7, 11) is 0. The van der Waals surface area contributed by atoms with E-state index in [1.807, 2.05) is 24.3 Å². The van der Waals surface area contributed by atoms with E-state index in [1.165, 1.54) is 5.56 Å². The van der Waals surface area contributed by atoms with E-state index in [9.17, 15) is 0 Å². The zero-order valence-corrected chi connectivity index (χ0v) is 8.89. The molecule has 15 heavy (non-hydrogen) atoms. The number of benzene rings is 1. The quantitative estimate of drug-likeness (QED) is 0.548. The van der Waals surface area contributed by atoms with Crippen molar-refractivity contribution >= 4 is 0 Å². The fourth-order valence-corrected chi connectivity index (χ4v) is 1.19. The fourth-order valence-electron chi connectivity index (χ4n) is 1.19. The second-order valence-corrected chi connectivity index (χ2v) is 3.17. The minimum atomic E-state index is 0.885. The Kier molecular flexibility index (Phi) is 5.95. The lowest BCUT2D eigenvalue weighted by Gasteiger charge is -2.00. The first kappa shape index (κ1) is 11.5. The number of nitrogens with one attached hydrogen (secondary N) is 1. The van der Waals surface area contributed by atoms with Crippen molar-refractivity contribution in [2.75, 3.05) is 6.54 Å². The highest BCUT2D eigenvalue weighted by molar-refractivity contribution is 5.14.